The van der Waals surface area contributed by atoms with Gasteiger partial charge in [0.2, 0.25) is 12.3 Å². The number of amides is 2. The molecule has 0 aromatic carbocycles. The van der Waals surface area contributed by atoms with Crippen LogP contribution in [0.25, 0.3) is 0 Å². The van der Waals surface area contributed by atoms with Crippen LogP contribution in [0.5, 0.6) is 0 Å². The Hall–Kier alpha value is -1.63. The summed E-state index contributed by atoms with van der Waals surface area (Å²) in [5.41, 5.74) is 0. The summed E-state index contributed by atoms with van der Waals surface area (Å²) in [6, 6.07) is -0.870. The molecule has 7 nitrogen and oxygen atoms in total. The highest BCUT2D eigenvalue weighted by molar-refractivity contribution is 5.85. The molecule has 2 N–H and O–H groups in total. The van der Waals surface area contributed by atoms with Gasteiger partial charge >= 0.3 is 5.97 Å². The van der Waals surface area contributed by atoms with Gasteiger partial charge < -0.3 is 20.1 Å². The van der Waals surface area contributed by atoms with E-state index in [1.807, 2.05) is 6.92 Å². The van der Waals surface area contributed by atoms with Gasteiger partial charge in [-0.3, -0.25) is 9.59 Å². The molecule has 0 aliphatic rings. The summed E-state index contributed by atoms with van der Waals surface area (Å²) in [6.45, 7) is 7.74. The molecule has 0 saturated carbocycles. The van der Waals surface area contributed by atoms with Crippen LogP contribution in [0, 0.1) is 0 Å². The minimum atomic E-state index is -1.05. The van der Waals surface area contributed by atoms with Crippen molar-refractivity contribution in [1.29, 1.82) is 0 Å². The number of rotatable bonds is 7. The van der Waals surface area contributed by atoms with E-state index in [-0.39, 0.29) is 12.5 Å². The zero-order chi connectivity index (χ0) is 17.3. The van der Waals surface area contributed by atoms with Crippen LogP contribution in [0.1, 0.15) is 40.5 Å². The molecule has 0 aliphatic carbocycles. The Morgan fingerprint density at radius 2 is 1.71 bits per heavy atom. The first kappa shape index (κ1) is 24.4. The van der Waals surface area contributed by atoms with Gasteiger partial charge in [0.1, 0.15) is 6.04 Å². The first-order valence-corrected chi connectivity index (χ1v) is 6.97. The molecular weight excluding hydrogens is 276 g/mol. The molecule has 1 unspecified atom stereocenters. The molecule has 7 heteroatoms. The number of hydrogen-bond acceptors (Lipinski definition) is 4. The maximum absolute atomic E-state index is 11.5. The second-order valence-corrected chi connectivity index (χ2v) is 4.22. The number of aliphatic carboxylic acids is 1. The molecule has 0 aromatic rings. The highest BCUT2D eigenvalue weighted by atomic mass is 16.4. The van der Waals surface area contributed by atoms with Crippen molar-refractivity contribution in [3.63, 3.8) is 0 Å². The van der Waals surface area contributed by atoms with E-state index in [2.05, 4.69) is 23.9 Å². The molecule has 0 radical (unpaired) electrons. The Kier molecular flexibility index (Phi) is 21.3. The van der Waals surface area contributed by atoms with Crippen LogP contribution in [-0.4, -0.2) is 61.6 Å². The monoisotopic (exact) mass is 306 g/mol. The maximum Gasteiger partial charge on any atom is 0.326 e. The van der Waals surface area contributed by atoms with Gasteiger partial charge in [-0.2, -0.15) is 0 Å². The average Bonchev–Trinajstić information content (AvgIpc) is 2.43. The third-order valence-electron chi connectivity index (χ3n) is 1.95. The maximum atomic E-state index is 11.5. The van der Waals surface area contributed by atoms with E-state index in [0.29, 0.717) is 19.4 Å². The quantitative estimate of drug-likeness (QED) is 0.687. The second kappa shape index (κ2) is 18.4. The predicted octanol–water partition coefficient (Wildman–Crippen LogP) is 1.12. The first-order chi connectivity index (χ1) is 9.87. The van der Waals surface area contributed by atoms with E-state index in [1.165, 1.54) is 18.2 Å². The third kappa shape index (κ3) is 16.3. The number of methoxy groups -OCH3 is 1. The van der Waals surface area contributed by atoms with Gasteiger partial charge in [-0.25, -0.2) is 4.79 Å². The highest BCUT2D eigenvalue weighted by Gasteiger charge is 2.23. The van der Waals surface area contributed by atoms with Crippen LogP contribution in [-0.2, 0) is 19.1 Å². The number of ether oxygens (including phenoxy) is 1. The molecule has 2 amide bonds. The normalized spacial score (nSPS) is 10.0. The SMILES string of the molecule is CCC.CCCN(C(=O)CNC=O)C(C)C(=O)O.COC. The van der Waals surface area contributed by atoms with Crippen molar-refractivity contribution in [2.45, 2.75) is 46.6 Å². The van der Waals surface area contributed by atoms with Crippen molar-refractivity contribution in [2.24, 2.45) is 0 Å². The van der Waals surface area contributed by atoms with Crippen molar-refractivity contribution in [3.8, 4) is 0 Å². The third-order valence-corrected chi connectivity index (χ3v) is 1.95. The lowest BCUT2D eigenvalue weighted by Crippen LogP contribution is -2.47. The van der Waals surface area contributed by atoms with E-state index < -0.39 is 12.0 Å². The van der Waals surface area contributed by atoms with E-state index >= 15 is 0 Å². The largest absolute Gasteiger partial charge is 0.480 e. The van der Waals surface area contributed by atoms with Crippen LogP contribution in [0.2, 0.25) is 0 Å². The Balaban J connectivity index is -0.000000460. The van der Waals surface area contributed by atoms with Crippen LogP contribution >= 0.6 is 0 Å². The fourth-order valence-corrected chi connectivity index (χ4v) is 1.14. The smallest absolute Gasteiger partial charge is 0.326 e. The van der Waals surface area contributed by atoms with Gasteiger partial charge in [0.15, 0.2) is 0 Å². The molecule has 0 heterocycles. The van der Waals surface area contributed by atoms with E-state index in [1.54, 1.807) is 14.2 Å². The lowest BCUT2D eigenvalue weighted by Gasteiger charge is -2.25. The number of hydrogen-bond donors (Lipinski definition) is 2. The first-order valence-electron chi connectivity index (χ1n) is 6.97. The minimum Gasteiger partial charge on any atom is -0.480 e. The molecule has 0 aliphatic heterocycles. The number of nitrogens with one attached hydrogen (secondary N) is 1. The summed E-state index contributed by atoms with van der Waals surface area (Å²) in [7, 11) is 3.25. The standard InChI is InChI=1S/C9H16N2O4.C3H8.C2H6O/c1-3-4-11(7(2)9(14)15)8(13)5-10-6-12;2*1-3-2/h6-7H,3-5H2,1-2H3,(H,10,12)(H,14,15);3H2,1-2H3;1-2H3. The van der Waals surface area contributed by atoms with Gasteiger partial charge in [0.25, 0.3) is 0 Å². The van der Waals surface area contributed by atoms with Crippen molar-refractivity contribution in [3.05, 3.63) is 0 Å². The zero-order valence-corrected chi connectivity index (χ0v) is 14.0. The molecule has 126 valence electrons. The molecule has 0 rings (SSSR count). The summed E-state index contributed by atoms with van der Waals surface area (Å²) >= 11 is 0. The lowest BCUT2D eigenvalue weighted by molar-refractivity contribution is -0.149. The van der Waals surface area contributed by atoms with Crippen LogP contribution in [0.3, 0.4) is 0 Å². The molecule has 1 atom stereocenters. The predicted molar refractivity (Wildman–Crippen MR) is 82.1 cm³/mol. The van der Waals surface area contributed by atoms with E-state index in [4.69, 9.17) is 5.11 Å². The molecule has 0 bridgehead atoms. The molecule has 21 heavy (non-hydrogen) atoms. The van der Waals surface area contributed by atoms with Gasteiger partial charge in [0, 0.05) is 20.8 Å². The molecular formula is C14H30N2O5. The van der Waals surface area contributed by atoms with Crippen molar-refractivity contribution in [2.75, 3.05) is 27.3 Å². The summed E-state index contributed by atoms with van der Waals surface area (Å²) in [5.74, 6) is -1.44. The fraction of sp³-hybridized carbons (Fsp3) is 0.786. The Morgan fingerprint density at radius 3 is 2.00 bits per heavy atom. The summed E-state index contributed by atoms with van der Waals surface area (Å²) in [4.78, 5) is 33.4. The Morgan fingerprint density at radius 1 is 1.29 bits per heavy atom. The van der Waals surface area contributed by atoms with Crippen molar-refractivity contribution >= 4 is 18.3 Å². The Labute approximate surface area is 127 Å². The van der Waals surface area contributed by atoms with Gasteiger partial charge in [0.05, 0.1) is 6.54 Å². The van der Waals surface area contributed by atoms with Gasteiger partial charge in [-0.1, -0.05) is 27.2 Å². The molecule has 0 fully saturated rings. The van der Waals surface area contributed by atoms with Crippen molar-refractivity contribution < 1.29 is 24.2 Å². The zero-order valence-electron chi connectivity index (χ0n) is 14.0. The van der Waals surface area contributed by atoms with Crippen molar-refractivity contribution in [1.82, 2.24) is 10.2 Å². The number of carboxylic acids is 1. The Bertz CT molecular complexity index is 270. The van der Waals surface area contributed by atoms with Crippen LogP contribution in [0.15, 0.2) is 0 Å². The average molecular weight is 306 g/mol. The highest BCUT2D eigenvalue weighted by Crippen LogP contribution is 2.01. The molecule has 0 aromatic heterocycles. The molecule has 0 spiro atoms. The summed E-state index contributed by atoms with van der Waals surface area (Å²) in [6.07, 6.45) is 2.33. The number of carbonyl (C=O) groups is 3. The molecule has 0 saturated heterocycles. The van der Waals surface area contributed by atoms with E-state index in [9.17, 15) is 14.4 Å². The number of carbonyl (C=O) groups excluding carboxylic acids is 2. The van der Waals surface area contributed by atoms with Gasteiger partial charge in [-0.15, -0.1) is 0 Å². The topological polar surface area (TPSA) is 95.9 Å². The lowest BCUT2D eigenvalue weighted by atomic mass is 10.2. The van der Waals surface area contributed by atoms with E-state index in [0.717, 1.165) is 0 Å². The number of nitrogens with zero attached hydrogens (tertiary/aromatic N) is 1. The van der Waals surface area contributed by atoms with Crippen LogP contribution in [0.4, 0.5) is 0 Å². The second-order valence-electron chi connectivity index (χ2n) is 4.22. The van der Waals surface area contributed by atoms with Gasteiger partial charge in [-0.05, 0) is 13.3 Å². The van der Waals surface area contributed by atoms with Crippen LogP contribution < -0.4 is 5.32 Å². The fourth-order valence-electron chi connectivity index (χ4n) is 1.14. The minimum absolute atomic E-state index is 0.166. The number of carboxylic acid groups (broad SMARTS) is 1. The summed E-state index contributed by atoms with van der Waals surface area (Å²) in [5, 5.41) is 11.0. The summed E-state index contributed by atoms with van der Waals surface area (Å²) < 4.78 is 4.25.